The molecule has 0 aliphatic rings. The number of aromatic nitrogens is 1. The summed E-state index contributed by atoms with van der Waals surface area (Å²) in [6, 6.07) is 2.61. The second-order valence-corrected chi connectivity index (χ2v) is 10.2. The molecule has 0 bridgehead atoms. The average Bonchev–Trinajstić information content (AvgIpc) is 3.26. The van der Waals surface area contributed by atoms with Gasteiger partial charge in [0.05, 0.1) is 12.5 Å². The van der Waals surface area contributed by atoms with Gasteiger partial charge in [0.2, 0.25) is 17.7 Å². The number of hydrogen-bond donors (Lipinski definition) is 7. The zero-order valence-corrected chi connectivity index (χ0v) is 22.3. The number of para-hydroxylation sites is 1. The molecule has 12 nitrogen and oxygen atoms in total. The van der Waals surface area contributed by atoms with Crippen LogP contribution < -0.4 is 21.7 Å². The third-order valence-electron chi connectivity index (χ3n) is 5.94. The molecule has 208 valence electrons. The van der Waals surface area contributed by atoms with Crippen LogP contribution in [0.5, 0.6) is 0 Å². The minimum Gasteiger partial charge on any atom is -0.481 e. The highest BCUT2D eigenvalue weighted by atomic mass is 32.2. The van der Waals surface area contributed by atoms with E-state index in [1.807, 2.05) is 30.5 Å². The van der Waals surface area contributed by atoms with Crippen LogP contribution in [0.1, 0.15) is 32.3 Å². The molecule has 1 heterocycles. The molecule has 3 amide bonds. The highest BCUT2D eigenvalue weighted by molar-refractivity contribution is 7.98. The topological polar surface area (TPSA) is 204 Å². The maximum absolute atomic E-state index is 13.3. The molecule has 1 aromatic carbocycles. The number of fused-ring (bicyclic) bond motifs is 1. The van der Waals surface area contributed by atoms with Crippen molar-refractivity contribution in [3.05, 3.63) is 36.0 Å². The zero-order chi connectivity index (χ0) is 28.4. The number of aliphatic carboxylic acids is 2. The van der Waals surface area contributed by atoms with Crippen molar-refractivity contribution in [3.8, 4) is 0 Å². The Balaban J connectivity index is 2.29. The van der Waals surface area contributed by atoms with Gasteiger partial charge in [0.1, 0.15) is 18.1 Å². The van der Waals surface area contributed by atoms with E-state index in [0.717, 1.165) is 16.5 Å². The number of H-pyrrole nitrogens is 1. The first-order valence-electron chi connectivity index (χ1n) is 12.1. The minimum atomic E-state index is -1.36. The summed E-state index contributed by atoms with van der Waals surface area (Å²) >= 11 is 1.44. The highest BCUT2D eigenvalue weighted by Gasteiger charge is 2.32. The number of thioether (sulfide) groups is 1. The number of rotatable bonds is 15. The van der Waals surface area contributed by atoms with Gasteiger partial charge in [-0.15, -0.1) is 0 Å². The molecule has 2 rings (SSSR count). The Kier molecular flexibility index (Phi) is 11.6. The molecule has 1 aromatic heterocycles. The van der Waals surface area contributed by atoms with Gasteiger partial charge in [0, 0.05) is 23.5 Å². The number of nitrogens with one attached hydrogen (secondary N) is 4. The summed E-state index contributed by atoms with van der Waals surface area (Å²) in [5, 5.41) is 26.9. The molecule has 0 fully saturated rings. The Hall–Kier alpha value is -3.58. The third kappa shape index (κ3) is 8.77. The molecule has 4 atom stereocenters. The molecule has 0 saturated heterocycles. The van der Waals surface area contributed by atoms with Crippen molar-refractivity contribution < 1.29 is 34.2 Å². The van der Waals surface area contributed by atoms with Gasteiger partial charge in [0.25, 0.3) is 0 Å². The van der Waals surface area contributed by atoms with Gasteiger partial charge in [-0.1, -0.05) is 32.0 Å². The number of benzene rings is 1. The summed E-state index contributed by atoms with van der Waals surface area (Å²) < 4.78 is 0. The van der Waals surface area contributed by atoms with E-state index < -0.39 is 66.2 Å². The van der Waals surface area contributed by atoms with Gasteiger partial charge < -0.3 is 36.9 Å². The summed E-state index contributed by atoms with van der Waals surface area (Å²) in [5.41, 5.74) is 7.19. The minimum absolute atomic E-state index is 0.0493. The predicted molar refractivity (Wildman–Crippen MR) is 143 cm³/mol. The zero-order valence-electron chi connectivity index (χ0n) is 21.5. The van der Waals surface area contributed by atoms with Crippen LogP contribution in [-0.2, 0) is 30.4 Å². The van der Waals surface area contributed by atoms with Gasteiger partial charge in [-0.25, -0.2) is 4.79 Å². The average molecular weight is 550 g/mol. The Morgan fingerprint density at radius 2 is 1.63 bits per heavy atom. The van der Waals surface area contributed by atoms with Crippen LogP contribution in [0.2, 0.25) is 0 Å². The summed E-state index contributed by atoms with van der Waals surface area (Å²) in [6.45, 7) is 3.34. The van der Waals surface area contributed by atoms with E-state index in [9.17, 15) is 29.1 Å². The number of carbonyl (C=O) groups excluding carboxylic acids is 3. The fraction of sp³-hybridized carbons (Fsp3) is 0.480. The van der Waals surface area contributed by atoms with E-state index in [1.54, 1.807) is 20.0 Å². The molecular formula is C25H35N5O7S. The van der Waals surface area contributed by atoms with Gasteiger partial charge in [-0.3, -0.25) is 19.2 Å². The lowest BCUT2D eigenvalue weighted by Gasteiger charge is -2.27. The maximum atomic E-state index is 13.3. The van der Waals surface area contributed by atoms with Crippen molar-refractivity contribution in [2.75, 3.05) is 12.0 Å². The van der Waals surface area contributed by atoms with Crippen molar-refractivity contribution >= 4 is 52.3 Å². The van der Waals surface area contributed by atoms with E-state index in [2.05, 4.69) is 20.9 Å². The molecule has 0 saturated carbocycles. The normalized spacial score (nSPS) is 14.3. The third-order valence-corrected chi connectivity index (χ3v) is 6.58. The van der Waals surface area contributed by atoms with Crippen molar-refractivity contribution in [2.45, 2.75) is 57.3 Å². The Bertz CT molecular complexity index is 1150. The molecule has 8 N–H and O–H groups in total. The van der Waals surface area contributed by atoms with E-state index in [0.29, 0.717) is 5.75 Å². The summed E-state index contributed by atoms with van der Waals surface area (Å²) in [7, 11) is 0. The van der Waals surface area contributed by atoms with Crippen molar-refractivity contribution in [3.63, 3.8) is 0 Å². The molecule has 13 heteroatoms. The van der Waals surface area contributed by atoms with Gasteiger partial charge in [-0.05, 0) is 36.0 Å². The van der Waals surface area contributed by atoms with Gasteiger partial charge in [0.15, 0.2) is 0 Å². The Labute approximate surface area is 224 Å². The second-order valence-electron chi connectivity index (χ2n) is 9.24. The van der Waals surface area contributed by atoms with Crippen molar-refractivity contribution in [2.24, 2.45) is 11.7 Å². The number of nitrogens with two attached hydrogens (primary N) is 1. The number of amides is 3. The van der Waals surface area contributed by atoms with E-state index in [1.165, 1.54) is 11.8 Å². The molecule has 0 spiro atoms. The first kappa shape index (κ1) is 30.6. The molecule has 38 heavy (non-hydrogen) atoms. The monoisotopic (exact) mass is 549 g/mol. The quantitative estimate of drug-likeness (QED) is 0.165. The van der Waals surface area contributed by atoms with Gasteiger partial charge in [-0.2, -0.15) is 11.8 Å². The second kappa shape index (κ2) is 14.4. The van der Waals surface area contributed by atoms with Crippen LogP contribution in [0, 0.1) is 5.92 Å². The SMILES string of the molecule is CSCCC(NC(=O)C(Cc1c[nH]c2ccccc12)NC(=O)C(NC(=O)C(N)CC(=O)O)C(C)C)C(=O)O. The fourth-order valence-electron chi connectivity index (χ4n) is 3.83. The largest absolute Gasteiger partial charge is 0.481 e. The van der Waals surface area contributed by atoms with Crippen molar-refractivity contribution in [1.82, 2.24) is 20.9 Å². The smallest absolute Gasteiger partial charge is 0.326 e. The summed E-state index contributed by atoms with van der Waals surface area (Å²) in [5.74, 6) is -4.56. The molecule has 0 radical (unpaired) electrons. The number of carbonyl (C=O) groups is 5. The van der Waals surface area contributed by atoms with Crippen LogP contribution >= 0.6 is 11.8 Å². The Morgan fingerprint density at radius 1 is 0.974 bits per heavy atom. The van der Waals surface area contributed by atoms with E-state index >= 15 is 0 Å². The lowest BCUT2D eigenvalue weighted by atomic mass is 10.00. The fourth-order valence-corrected chi connectivity index (χ4v) is 4.30. The summed E-state index contributed by atoms with van der Waals surface area (Å²) in [6.07, 6.45) is 3.17. The maximum Gasteiger partial charge on any atom is 0.326 e. The van der Waals surface area contributed by atoms with Crippen LogP contribution in [0.4, 0.5) is 0 Å². The number of aromatic amines is 1. The van der Waals surface area contributed by atoms with Crippen LogP contribution in [0.3, 0.4) is 0 Å². The highest BCUT2D eigenvalue weighted by Crippen LogP contribution is 2.19. The first-order valence-corrected chi connectivity index (χ1v) is 13.5. The summed E-state index contributed by atoms with van der Waals surface area (Å²) in [4.78, 5) is 64.7. The lowest BCUT2D eigenvalue weighted by molar-refractivity contribution is -0.142. The van der Waals surface area contributed by atoms with Crippen LogP contribution in [-0.4, -0.2) is 81.0 Å². The predicted octanol–water partition coefficient (Wildman–Crippen LogP) is 0.461. The first-order chi connectivity index (χ1) is 17.9. The molecule has 4 unspecified atom stereocenters. The number of carboxylic acids is 2. The van der Waals surface area contributed by atoms with Crippen LogP contribution in [0.25, 0.3) is 10.9 Å². The number of hydrogen-bond acceptors (Lipinski definition) is 7. The van der Waals surface area contributed by atoms with Crippen molar-refractivity contribution in [1.29, 1.82) is 0 Å². The molecule has 0 aliphatic heterocycles. The van der Waals surface area contributed by atoms with E-state index in [-0.39, 0.29) is 12.8 Å². The van der Waals surface area contributed by atoms with E-state index in [4.69, 9.17) is 10.8 Å². The standard InChI is InChI=1S/C25H35N5O7S/c1-13(2)21(30-22(33)16(26)11-20(31)32)24(35)29-19(23(34)28-18(25(36)37)8-9-38-3)10-14-12-27-17-7-5-4-6-15(14)17/h4-7,12-13,16,18-19,21,27H,8-11,26H2,1-3H3,(H,28,34)(H,29,35)(H,30,33)(H,31,32)(H,36,37). The number of carboxylic acid groups (broad SMARTS) is 2. The molecule has 2 aromatic rings. The lowest BCUT2D eigenvalue weighted by Crippen LogP contribution is -2.59. The molecule has 0 aliphatic carbocycles. The molecular weight excluding hydrogens is 514 g/mol. The Morgan fingerprint density at radius 3 is 2.24 bits per heavy atom. The van der Waals surface area contributed by atoms with Crippen LogP contribution in [0.15, 0.2) is 30.5 Å². The van der Waals surface area contributed by atoms with Gasteiger partial charge >= 0.3 is 11.9 Å².